The fourth-order valence-electron chi connectivity index (χ4n) is 1.32. The fraction of sp³-hybridized carbons (Fsp3) is 0. The monoisotopic (exact) mass is 287 g/mol. The van der Waals surface area contributed by atoms with Crippen LogP contribution in [0.4, 0.5) is 17.2 Å². The van der Waals surface area contributed by atoms with Crippen LogP contribution in [0.25, 0.3) is 0 Å². The van der Waals surface area contributed by atoms with Crippen molar-refractivity contribution in [2.45, 2.75) is 0 Å². The van der Waals surface area contributed by atoms with E-state index >= 15 is 0 Å². The molecule has 0 atom stereocenters. The number of anilines is 3. The van der Waals surface area contributed by atoms with Gasteiger partial charge in [-0.05, 0) is 24.3 Å². The van der Waals surface area contributed by atoms with Crippen LogP contribution in [0.15, 0.2) is 30.5 Å². The van der Waals surface area contributed by atoms with Gasteiger partial charge in [-0.15, -0.1) is 0 Å². The Balaban J connectivity index is 2.31. The van der Waals surface area contributed by atoms with Crippen molar-refractivity contribution in [2.24, 2.45) is 0 Å². The summed E-state index contributed by atoms with van der Waals surface area (Å²) in [5, 5.41) is 4.57. The first-order valence-corrected chi connectivity index (χ1v) is 5.82. The highest BCUT2D eigenvalue weighted by molar-refractivity contribution is 6.35. The maximum absolute atomic E-state index is 5.88. The molecule has 3 N–H and O–H groups in total. The first kappa shape index (κ1) is 12.3. The van der Waals surface area contributed by atoms with Gasteiger partial charge in [-0.3, -0.25) is 0 Å². The Morgan fingerprint density at radius 2 is 1.59 bits per heavy atom. The Morgan fingerprint density at radius 3 is 2.18 bits per heavy atom. The second kappa shape index (κ2) is 5.00. The molecule has 0 saturated heterocycles. The highest BCUT2D eigenvalue weighted by atomic mass is 35.5. The fourth-order valence-corrected chi connectivity index (χ4v) is 2.01. The minimum atomic E-state index is 0.452. The summed E-state index contributed by atoms with van der Waals surface area (Å²) >= 11 is 17.5. The zero-order chi connectivity index (χ0) is 12.4. The molecule has 0 radical (unpaired) electrons. The maximum Gasteiger partial charge on any atom is 0.153 e. The van der Waals surface area contributed by atoms with E-state index in [-0.39, 0.29) is 0 Å². The van der Waals surface area contributed by atoms with E-state index in [0.29, 0.717) is 32.3 Å². The number of halogens is 3. The summed E-state index contributed by atoms with van der Waals surface area (Å²) in [4.78, 5) is 4.08. The van der Waals surface area contributed by atoms with Gasteiger partial charge in [0.25, 0.3) is 0 Å². The quantitative estimate of drug-likeness (QED) is 0.863. The highest BCUT2D eigenvalue weighted by Gasteiger charge is 2.04. The lowest BCUT2D eigenvalue weighted by molar-refractivity contribution is 1.31. The van der Waals surface area contributed by atoms with Crippen molar-refractivity contribution < 1.29 is 0 Å². The first-order chi connectivity index (χ1) is 8.04. The van der Waals surface area contributed by atoms with Crippen LogP contribution in [-0.2, 0) is 0 Å². The minimum Gasteiger partial charge on any atom is -0.396 e. The minimum absolute atomic E-state index is 0.452. The number of benzene rings is 1. The van der Waals surface area contributed by atoms with E-state index in [1.807, 2.05) is 0 Å². The summed E-state index contributed by atoms with van der Waals surface area (Å²) < 4.78 is 0. The van der Waals surface area contributed by atoms with E-state index in [4.69, 9.17) is 40.5 Å². The molecule has 0 spiro atoms. The number of pyridine rings is 1. The van der Waals surface area contributed by atoms with Crippen molar-refractivity contribution in [3.05, 3.63) is 45.5 Å². The molecule has 6 heteroatoms. The summed E-state index contributed by atoms with van der Waals surface area (Å²) in [6.45, 7) is 0. The second-order valence-corrected chi connectivity index (χ2v) is 4.68. The lowest BCUT2D eigenvalue weighted by Gasteiger charge is -2.09. The number of nitrogen functional groups attached to an aromatic ring is 1. The lowest BCUT2D eigenvalue weighted by atomic mass is 10.3. The van der Waals surface area contributed by atoms with Crippen LogP contribution in [0.5, 0.6) is 0 Å². The molecule has 2 aromatic rings. The summed E-state index contributed by atoms with van der Waals surface area (Å²) in [6.07, 6.45) is 1.51. The Bertz CT molecular complexity index is 537. The van der Waals surface area contributed by atoms with Crippen molar-refractivity contribution in [1.29, 1.82) is 0 Å². The van der Waals surface area contributed by atoms with Gasteiger partial charge in [-0.1, -0.05) is 34.8 Å². The van der Waals surface area contributed by atoms with Gasteiger partial charge in [0.2, 0.25) is 0 Å². The van der Waals surface area contributed by atoms with E-state index < -0.39 is 0 Å². The SMILES string of the molecule is Nc1cc(Cl)cnc1Nc1cc(Cl)cc(Cl)c1. The molecule has 0 saturated carbocycles. The van der Waals surface area contributed by atoms with Crippen molar-refractivity contribution >= 4 is 52.0 Å². The van der Waals surface area contributed by atoms with E-state index in [2.05, 4.69) is 10.3 Å². The third-order valence-corrected chi connectivity index (χ3v) is 2.65. The predicted octanol–water partition coefficient (Wildman–Crippen LogP) is 4.37. The molecule has 0 amide bonds. The maximum atomic E-state index is 5.88. The van der Waals surface area contributed by atoms with E-state index in [0.717, 1.165) is 0 Å². The molecule has 0 fully saturated rings. The number of hydrogen-bond donors (Lipinski definition) is 2. The zero-order valence-electron chi connectivity index (χ0n) is 8.55. The molecule has 0 aliphatic rings. The van der Waals surface area contributed by atoms with Crippen LogP contribution >= 0.6 is 34.8 Å². The molecule has 0 bridgehead atoms. The molecular formula is C11H8Cl3N3. The first-order valence-electron chi connectivity index (χ1n) is 4.69. The summed E-state index contributed by atoms with van der Waals surface area (Å²) in [5.41, 5.74) is 6.93. The number of rotatable bonds is 2. The van der Waals surface area contributed by atoms with Gasteiger partial charge in [0.15, 0.2) is 5.82 Å². The summed E-state index contributed by atoms with van der Waals surface area (Å²) in [6, 6.07) is 6.71. The van der Waals surface area contributed by atoms with Gasteiger partial charge in [-0.25, -0.2) is 4.98 Å². The van der Waals surface area contributed by atoms with Gasteiger partial charge in [0.05, 0.1) is 10.7 Å². The standard InChI is InChI=1S/C11H8Cl3N3/c12-6-1-7(13)3-9(2-6)17-11-10(15)4-8(14)5-16-11/h1-5H,15H2,(H,16,17). The Hall–Kier alpha value is -1.16. The number of nitrogens with one attached hydrogen (secondary N) is 1. The van der Waals surface area contributed by atoms with Crippen LogP contribution in [0.3, 0.4) is 0 Å². The molecule has 1 aromatic carbocycles. The molecule has 0 aliphatic heterocycles. The third-order valence-electron chi connectivity index (χ3n) is 2.01. The largest absolute Gasteiger partial charge is 0.396 e. The lowest BCUT2D eigenvalue weighted by Crippen LogP contribution is -1.98. The topological polar surface area (TPSA) is 50.9 Å². The van der Waals surface area contributed by atoms with Gasteiger partial charge in [-0.2, -0.15) is 0 Å². The molecular weight excluding hydrogens is 281 g/mol. The molecule has 2 rings (SSSR count). The number of aromatic nitrogens is 1. The van der Waals surface area contributed by atoms with Crippen LogP contribution < -0.4 is 11.1 Å². The van der Waals surface area contributed by atoms with E-state index in [9.17, 15) is 0 Å². The number of hydrogen-bond acceptors (Lipinski definition) is 3. The molecule has 0 aliphatic carbocycles. The van der Waals surface area contributed by atoms with Gasteiger partial charge in [0.1, 0.15) is 0 Å². The van der Waals surface area contributed by atoms with Crippen molar-refractivity contribution in [2.75, 3.05) is 11.1 Å². The van der Waals surface area contributed by atoms with E-state index in [1.54, 1.807) is 24.3 Å². The number of nitrogens with two attached hydrogens (primary N) is 1. The van der Waals surface area contributed by atoms with Crippen LogP contribution in [0, 0.1) is 0 Å². The predicted molar refractivity (Wildman–Crippen MR) is 73.4 cm³/mol. The Labute approximate surface area is 114 Å². The molecule has 17 heavy (non-hydrogen) atoms. The van der Waals surface area contributed by atoms with Crippen molar-refractivity contribution in [3.8, 4) is 0 Å². The van der Waals surface area contributed by atoms with Crippen molar-refractivity contribution in [3.63, 3.8) is 0 Å². The van der Waals surface area contributed by atoms with Gasteiger partial charge >= 0.3 is 0 Å². The van der Waals surface area contributed by atoms with Gasteiger partial charge in [0, 0.05) is 21.9 Å². The normalized spacial score (nSPS) is 10.3. The second-order valence-electron chi connectivity index (χ2n) is 3.37. The molecule has 1 aromatic heterocycles. The van der Waals surface area contributed by atoms with Gasteiger partial charge < -0.3 is 11.1 Å². The van der Waals surface area contributed by atoms with Crippen LogP contribution in [0.2, 0.25) is 15.1 Å². The van der Waals surface area contributed by atoms with Crippen LogP contribution in [-0.4, -0.2) is 4.98 Å². The smallest absolute Gasteiger partial charge is 0.153 e. The molecule has 3 nitrogen and oxygen atoms in total. The Kier molecular flexibility index (Phi) is 3.62. The summed E-state index contributed by atoms with van der Waals surface area (Å²) in [5.74, 6) is 0.507. The van der Waals surface area contributed by atoms with Crippen LogP contribution in [0.1, 0.15) is 0 Å². The molecule has 1 heterocycles. The average molecular weight is 289 g/mol. The Morgan fingerprint density at radius 1 is 0.941 bits per heavy atom. The number of nitrogens with zero attached hydrogens (tertiary/aromatic N) is 1. The molecule has 88 valence electrons. The van der Waals surface area contributed by atoms with E-state index in [1.165, 1.54) is 6.20 Å². The molecule has 0 unspecified atom stereocenters. The summed E-state index contributed by atoms with van der Waals surface area (Å²) in [7, 11) is 0. The average Bonchev–Trinajstić information content (AvgIpc) is 2.21. The highest BCUT2D eigenvalue weighted by Crippen LogP contribution is 2.27. The third kappa shape index (κ3) is 3.16. The zero-order valence-corrected chi connectivity index (χ0v) is 10.8. The van der Waals surface area contributed by atoms with Crippen molar-refractivity contribution in [1.82, 2.24) is 4.98 Å².